The maximum absolute atomic E-state index is 6.69. The van der Waals surface area contributed by atoms with Gasteiger partial charge in [-0.25, -0.2) is 15.0 Å². The molecule has 0 spiro atoms. The zero-order valence-electron chi connectivity index (χ0n) is 25.6. The second-order valence-electron chi connectivity index (χ2n) is 12.0. The van der Waals surface area contributed by atoms with Crippen molar-refractivity contribution in [3.63, 3.8) is 0 Å². The van der Waals surface area contributed by atoms with Gasteiger partial charge in [-0.05, 0) is 40.1 Å². The van der Waals surface area contributed by atoms with Crippen LogP contribution < -0.4 is 0 Å². The number of furan rings is 2. The Morgan fingerprint density at radius 1 is 0.354 bits per heavy atom. The van der Waals surface area contributed by atoms with Gasteiger partial charge < -0.3 is 8.83 Å². The second kappa shape index (κ2) is 10.5. The van der Waals surface area contributed by atoms with E-state index in [-0.39, 0.29) is 0 Å². The lowest BCUT2D eigenvalue weighted by molar-refractivity contribution is 0.663. The van der Waals surface area contributed by atoms with Crippen molar-refractivity contribution < 1.29 is 8.83 Å². The molecular formula is C43H25N3O2. The first-order chi connectivity index (χ1) is 23.8. The van der Waals surface area contributed by atoms with E-state index in [1.54, 1.807) is 0 Å². The summed E-state index contributed by atoms with van der Waals surface area (Å²) in [6.07, 6.45) is 0. The van der Waals surface area contributed by atoms with Crippen molar-refractivity contribution in [2.24, 2.45) is 0 Å². The quantitative estimate of drug-likeness (QED) is 0.197. The summed E-state index contributed by atoms with van der Waals surface area (Å²) in [5.41, 5.74) is 7.93. The second-order valence-corrected chi connectivity index (χ2v) is 12.0. The van der Waals surface area contributed by atoms with E-state index in [1.807, 2.05) is 72.8 Å². The van der Waals surface area contributed by atoms with Crippen molar-refractivity contribution in [3.8, 4) is 45.3 Å². The molecule has 0 saturated carbocycles. The predicted molar refractivity (Wildman–Crippen MR) is 194 cm³/mol. The van der Waals surface area contributed by atoms with Crippen LogP contribution in [-0.2, 0) is 0 Å². The Morgan fingerprint density at radius 3 is 1.71 bits per heavy atom. The molecule has 0 fully saturated rings. The molecule has 0 aliphatic rings. The number of hydrogen-bond acceptors (Lipinski definition) is 5. The molecular weight excluding hydrogens is 590 g/mol. The molecule has 5 nitrogen and oxygen atoms in total. The van der Waals surface area contributed by atoms with E-state index in [2.05, 4.69) is 78.9 Å². The van der Waals surface area contributed by atoms with Crippen LogP contribution in [0.5, 0.6) is 0 Å². The van der Waals surface area contributed by atoms with Gasteiger partial charge in [0.15, 0.2) is 17.5 Å². The maximum atomic E-state index is 6.69. The number of nitrogens with zero attached hydrogens (tertiary/aromatic N) is 3. The molecule has 0 N–H and O–H groups in total. The monoisotopic (exact) mass is 615 g/mol. The molecule has 10 aromatic rings. The molecule has 0 aliphatic heterocycles. The number of aromatic nitrogens is 3. The van der Waals surface area contributed by atoms with Gasteiger partial charge in [0.2, 0.25) is 0 Å². The Kier molecular flexibility index (Phi) is 5.81. The SMILES string of the molecule is c1ccc(-c2ccc(-c3nc(-c4ccccc4)nc(-c4cc5oc6ccc7ccccc7c6c5c5c4oc4ccccc45)n3)cc2)cc1. The fourth-order valence-corrected chi connectivity index (χ4v) is 6.87. The highest BCUT2D eigenvalue weighted by Gasteiger charge is 2.24. The number of rotatable bonds is 4. The minimum Gasteiger partial charge on any atom is -0.456 e. The largest absolute Gasteiger partial charge is 0.456 e. The lowest BCUT2D eigenvalue weighted by Crippen LogP contribution is -2.00. The molecule has 3 heterocycles. The van der Waals surface area contributed by atoms with Gasteiger partial charge in [-0.1, -0.05) is 133 Å². The zero-order valence-corrected chi connectivity index (χ0v) is 25.6. The van der Waals surface area contributed by atoms with E-state index >= 15 is 0 Å². The van der Waals surface area contributed by atoms with Crippen LogP contribution >= 0.6 is 0 Å². The topological polar surface area (TPSA) is 65.0 Å². The molecule has 7 aromatic carbocycles. The van der Waals surface area contributed by atoms with Crippen LogP contribution in [0, 0.1) is 0 Å². The van der Waals surface area contributed by atoms with Crippen LogP contribution in [0.1, 0.15) is 0 Å². The van der Waals surface area contributed by atoms with E-state index in [4.69, 9.17) is 23.8 Å². The first-order valence-electron chi connectivity index (χ1n) is 15.9. The lowest BCUT2D eigenvalue weighted by Gasteiger charge is -2.10. The summed E-state index contributed by atoms with van der Waals surface area (Å²) in [4.78, 5) is 15.2. The summed E-state index contributed by atoms with van der Waals surface area (Å²) in [5, 5.41) is 6.41. The maximum Gasteiger partial charge on any atom is 0.168 e. The van der Waals surface area contributed by atoms with Crippen LogP contribution in [-0.4, -0.2) is 15.0 Å². The molecule has 0 amide bonds. The van der Waals surface area contributed by atoms with Crippen molar-refractivity contribution in [2.75, 3.05) is 0 Å². The van der Waals surface area contributed by atoms with Crippen molar-refractivity contribution in [1.82, 2.24) is 15.0 Å². The first kappa shape index (κ1) is 26.6. The molecule has 0 atom stereocenters. The zero-order chi connectivity index (χ0) is 31.6. The van der Waals surface area contributed by atoms with Crippen molar-refractivity contribution in [3.05, 3.63) is 152 Å². The van der Waals surface area contributed by atoms with Crippen LogP contribution in [0.2, 0.25) is 0 Å². The average molecular weight is 616 g/mol. The van der Waals surface area contributed by atoms with Crippen molar-refractivity contribution in [2.45, 2.75) is 0 Å². The fourth-order valence-electron chi connectivity index (χ4n) is 6.87. The highest BCUT2D eigenvalue weighted by atomic mass is 16.3. The molecule has 224 valence electrons. The number of fused-ring (bicyclic) bond motifs is 9. The molecule has 0 bridgehead atoms. The molecule has 0 radical (unpaired) electrons. The number of benzene rings is 7. The van der Waals surface area contributed by atoms with E-state index < -0.39 is 0 Å². The van der Waals surface area contributed by atoms with E-state index in [1.165, 1.54) is 0 Å². The smallest absolute Gasteiger partial charge is 0.168 e. The van der Waals surface area contributed by atoms with Crippen LogP contribution in [0.25, 0.3) is 99.9 Å². The fraction of sp³-hybridized carbons (Fsp3) is 0. The molecule has 10 rings (SSSR count). The minimum atomic E-state index is 0.516. The minimum absolute atomic E-state index is 0.516. The average Bonchev–Trinajstić information content (AvgIpc) is 3.74. The van der Waals surface area contributed by atoms with Crippen LogP contribution in [0.4, 0.5) is 0 Å². The van der Waals surface area contributed by atoms with Gasteiger partial charge in [0.25, 0.3) is 0 Å². The summed E-state index contributed by atoms with van der Waals surface area (Å²) in [6, 6.07) is 51.5. The summed E-state index contributed by atoms with van der Waals surface area (Å²) < 4.78 is 13.3. The van der Waals surface area contributed by atoms with Gasteiger partial charge in [-0.15, -0.1) is 0 Å². The third kappa shape index (κ3) is 4.15. The Balaban J connectivity index is 1.26. The summed E-state index contributed by atoms with van der Waals surface area (Å²) in [6.45, 7) is 0. The third-order valence-electron chi connectivity index (χ3n) is 9.13. The van der Waals surface area contributed by atoms with Gasteiger partial charge in [-0.2, -0.15) is 0 Å². The summed E-state index contributed by atoms with van der Waals surface area (Å²) >= 11 is 0. The molecule has 0 aliphatic carbocycles. The molecule has 0 saturated heterocycles. The first-order valence-corrected chi connectivity index (χ1v) is 15.9. The van der Waals surface area contributed by atoms with E-state index in [0.717, 1.165) is 82.5 Å². The van der Waals surface area contributed by atoms with Gasteiger partial charge in [0.1, 0.15) is 22.3 Å². The predicted octanol–water partition coefficient (Wildman–Crippen LogP) is 11.5. The molecule has 5 heteroatoms. The summed E-state index contributed by atoms with van der Waals surface area (Å²) in [5.74, 6) is 1.68. The molecule has 0 unspecified atom stereocenters. The van der Waals surface area contributed by atoms with Crippen molar-refractivity contribution >= 4 is 54.6 Å². The van der Waals surface area contributed by atoms with E-state index in [9.17, 15) is 0 Å². The van der Waals surface area contributed by atoms with Gasteiger partial charge >= 0.3 is 0 Å². The number of para-hydroxylation sites is 1. The lowest BCUT2D eigenvalue weighted by atomic mass is 9.98. The Hall–Kier alpha value is -6.59. The Bertz CT molecular complexity index is 2820. The highest BCUT2D eigenvalue weighted by molar-refractivity contribution is 6.32. The Morgan fingerprint density at radius 2 is 0.938 bits per heavy atom. The summed E-state index contributed by atoms with van der Waals surface area (Å²) in [7, 11) is 0. The standard InChI is InChI=1S/C43H25N3O2/c1-3-11-26(12-4-1)27-19-21-30(22-20-27)42-44-41(29-14-5-2-6-15-29)45-43(46-42)33-25-36-39(38-32-17-9-10-18-34(32)48-40(33)38)37-31-16-8-7-13-28(31)23-24-35(37)47-36/h1-25H. The van der Waals surface area contributed by atoms with Crippen LogP contribution in [0.15, 0.2) is 160 Å². The molecule has 48 heavy (non-hydrogen) atoms. The van der Waals surface area contributed by atoms with Gasteiger partial charge in [-0.3, -0.25) is 0 Å². The van der Waals surface area contributed by atoms with E-state index in [0.29, 0.717) is 17.5 Å². The highest BCUT2D eigenvalue weighted by Crippen LogP contribution is 2.46. The Labute approximate surface area is 274 Å². The van der Waals surface area contributed by atoms with Gasteiger partial charge in [0.05, 0.1) is 5.56 Å². The van der Waals surface area contributed by atoms with Crippen LogP contribution in [0.3, 0.4) is 0 Å². The molecule has 3 aromatic heterocycles. The normalized spacial score (nSPS) is 11.8. The van der Waals surface area contributed by atoms with Crippen molar-refractivity contribution in [1.29, 1.82) is 0 Å². The van der Waals surface area contributed by atoms with Gasteiger partial charge in [0, 0.05) is 32.7 Å². The number of hydrogen-bond donors (Lipinski definition) is 0. The third-order valence-corrected chi connectivity index (χ3v) is 9.13.